The van der Waals surface area contributed by atoms with E-state index in [1.54, 1.807) is 6.92 Å². The van der Waals surface area contributed by atoms with Crippen LogP contribution in [0.1, 0.15) is 5.69 Å². The first-order valence-electron chi connectivity index (χ1n) is 4.39. The topological polar surface area (TPSA) is 61.0 Å². The lowest BCUT2D eigenvalue weighted by Crippen LogP contribution is -1.98. The minimum Gasteiger partial charge on any atom is -0.480 e. The Balaban J connectivity index is 2.76. The molecule has 2 N–H and O–H groups in total. The van der Waals surface area contributed by atoms with E-state index in [1.165, 1.54) is 19.2 Å². The second kappa shape index (κ2) is 3.34. The zero-order valence-electron chi connectivity index (χ0n) is 8.41. The Labute approximate surface area is 85.9 Å². The maximum Gasteiger partial charge on any atom is 0.235 e. The van der Waals surface area contributed by atoms with Gasteiger partial charge in [-0.2, -0.15) is 0 Å². The average Bonchev–Trinajstić information content (AvgIpc) is 2.20. The van der Waals surface area contributed by atoms with Crippen molar-refractivity contribution in [2.45, 2.75) is 6.92 Å². The molecule has 1 aromatic heterocycles. The minimum absolute atomic E-state index is 0.0581. The first-order valence-corrected chi connectivity index (χ1v) is 4.39. The molecular weight excluding hydrogens is 197 g/mol. The Morgan fingerprint density at radius 1 is 1.27 bits per heavy atom. The highest BCUT2D eigenvalue weighted by Crippen LogP contribution is 2.21. The van der Waals surface area contributed by atoms with Gasteiger partial charge in [-0.15, -0.1) is 0 Å². The number of hydrogen-bond donors (Lipinski definition) is 1. The highest BCUT2D eigenvalue weighted by Gasteiger charge is 2.08. The van der Waals surface area contributed by atoms with Crippen molar-refractivity contribution in [3.05, 3.63) is 23.6 Å². The molecule has 0 aliphatic carbocycles. The molecule has 0 aliphatic heterocycles. The number of nitrogens with zero attached hydrogens (tertiary/aromatic N) is 2. The molecule has 15 heavy (non-hydrogen) atoms. The van der Waals surface area contributed by atoms with Crippen molar-refractivity contribution in [2.24, 2.45) is 0 Å². The fourth-order valence-electron chi connectivity index (χ4n) is 1.36. The van der Waals surface area contributed by atoms with Gasteiger partial charge in [0, 0.05) is 6.07 Å². The number of ether oxygens (including phenoxy) is 1. The molecule has 1 aromatic carbocycles. The molecule has 0 atom stereocenters. The Morgan fingerprint density at radius 2 is 1.93 bits per heavy atom. The van der Waals surface area contributed by atoms with Gasteiger partial charge in [0.2, 0.25) is 5.88 Å². The predicted octanol–water partition coefficient (Wildman–Crippen LogP) is 1.67. The lowest BCUT2D eigenvalue weighted by Gasteiger charge is -2.05. The minimum atomic E-state index is -0.485. The summed E-state index contributed by atoms with van der Waals surface area (Å²) >= 11 is 0. The molecule has 1 heterocycles. The van der Waals surface area contributed by atoms with Gasteiger partial charge < -0.3 is 10.5 Å². The molecule has 2 rings (SSSR count). The molecule has 0 aliphatic rings. The first kappa shape index (κ1) is 9.64. The van der Waals surface area contributed by atoms with Crippen LogP contribution in [0, 0.1) is 12.7 Å². The molecule has 4 nitrogen and oxygen atoms in total. The van der Waals surface area contributed by atoms with Crippen molar-refractivity contribution in [1.82, 2.24) is 9.97 Å². The van der Waals surface area contributed by atoms with E-state index >= 15 is 0 Å². The summed E-state index contributed by atoms with van der Waals surface area (Å²) < 4.78 is 18.2. The Morgan fingerprint density at radius 3 is 2.60 bits per heavy atom. The summed E-state index contributed by atoms with van der Waals surface area (Å²) in [6.45, 7) is 1.75. The number of nitrogens with two attached hydrogens (primary N) is 1. The van der Waals surface area contributed by atoms with E-state index in [0.717, 1.165) is 0 Å². The molecule has 0 fully saturated rings. The molecule has 0 saturated carbocycles. The van der Waals surface area contributed by atoms with Gasteiger partial charge >= 0.3 is 0 Å². The van der Waals surface area contributed by atoms with Crippen molar-refractivity contribution < 1.29 is 9.13 Å². The van der Waals surface area contributed by atoms with Crippen LogP contribution in [-0.4, -0.2) is 17.1 Å². The van der Waals surface area contributed by atoms with Crippen molar-refractivity contribution >= 4 is 16.7 Å². The number of aryl methyl sites for hydroxylation is 1. The van der Waals surface area contributed by atoms with Gasteiger partial charge in [0.1, 0.15) is 11.5 Å². The van der Waals surface area contributed by atoms with E-state index in [9.17, 15) is 4.39 Å². The maximum atomic E-state index is 13.1. The fraction of sp³-hybridized carbons (Fsp3) is 0.200. The van der Waals surface area contributed by atoms with E-state index in [-0.39, 0.29) is 5.69 Å². The first-order chi connectivity index (χ1) is 7.11. The molecule has 0 amide bonds. The van der Waals surface area contributed by atoms with Crippen LogP contribution < -0.4 is 10.5 Å². The van der Waals surface area contributed by atoms with Gasteiger partial charge in [-0.1, -0.05) is 0 Å². The molecule has 78 valence electrons. The highest BCUT2D eigenvalue weighted by molar-refractivity contribution is 5.79. The fourth-order valence-corrected chi connectivity index (χ4v) is 1.36. The second-order valence-corrected chi connectivity index (χ2v) is 3.18. The number of hydrogen-bond acceptors (Lipinski definition) is 4. The number of rotatable bonds is 1. The van der Waals surface area contributed by atoms with Crippen molar-refractivity contribution in [3.8, 4) is 5.88 Å². The number of aromatic nitrogens is 2. The molecule has 5 heteroatoms. The third-order valence-electron chi connectivity index (χ3n) is 2.11. The second-order valence-electron chi connectivity index (χ2n) is 3.18. The van der Waals surface area contributed by atoms with Crippen molar-refractivity contribution in [1.29, 1.82) is 0 Å². The van der Waals surface area contributed by atoms with E-state index < -0.39 is 5.82 Å². The van der Waals surface area contributed by atoms with Crippen LogP contribution in [-0.2, 0) is 0 Å². The van der Waals surface area contributed by atoms with Gasteiger partial charge in [-0.25, -0.2) is 14.4 Å². The van der Waals surface area contributed by atoms with Gasteiger partial charge in [-0.05, 0) is 13.0 Å². The van der Waals surface area contributed by atoms with Crippen LogP contribution in [0.2, 0.25) is 0 Å². The smallest absolute Gasteiger partial charge is 0.235 e. The van der Waals surface area contributed by atoms with Crippen LogP contribution in [0.25, 0.3) is 11.0 Å². The van der Waals surface area contributed by atoms with Crippen molar-refractivity contribution in [3.63, 3.8) is 0 Å². The maximum absolute atomic E-state index is 13.1. The average molecular weight is 207 g/mol. The normalized spacial score (nSPS) is 10.6. The third kappa shape index (κ3) is 1.56. The van der Waals surface area contributed by atoms with Crippen LogP contribution in [0.15, 0.2) is 12.1 Å². The van der Waals surface area contributed by atoms with Gasteiger partial charge in [0.05, 0.1) is 23.8 Å². The van der Waals surface area contributed by atoms with Crippen LogP contribution in [0.5, 0.6) is 5.88 Å². The zero-order valence-corrected chi connectivity index (χ0v) is 8.41. The van der Waals surface area contributed by atoms with E-state index in [1.807, 2.05) is 0 Å². The van der Waals surface area contributed by atoms with Crippen molar-refractivity contribution in [2.75, 3.05) is 12.8 Å². The standard InChI is InChI=1S/C10H10FN3O/c1-5-10(15-2)14-9-4-7(12)6(11)3-8(9)13-5/h3-4H,12H2,1-2H3. The van der Waals surface area contributed by atoms with Crippen LogP contribution in [0.3, 0.4) is 0 Å². The monoisotopic (exact) mass is 207 g/mol. The SMILES string of the molecule is COc1nc2cc(N)c(F)cc2nc1C. The summed E-state index contributed by atoms with van der Waals surface area (Å²) in [5.41, 5.74) is 7.11. The number of fused-ring (bicyclic) bond motifs is 1. The zero-order chi connectivity index (χ0) is 11.0. The predicted molar refractivity (Wildman–Crippen MR) is 55.2 cm³/mol. The number of methoxy groups -OCH3 is 1. The third-order valence-corrected chi connectivity index (χ3v) is 2.11. The molecule has 0 radical (unpaired) electrons. The molecule has 0 bridgehead atoms. The summed E-state index contributed by atoms with van der Waals surface area (Å²) in [5.74, 6) is -0.0603. The van der Waals surface area contributed by atoms with Gasteiger partial charge in [0.15, 0.2) is 0 Å². The highest BCUT2D eigenvalue weighted by atomic mass is 19.1. The Kier molecular flexibility index (Phi) is 2.15. The summed E-state index contributed by atoms with van der Waals surface area (Å²) in [6.07, 6.45) is 0. The molecular formula is C10H10FN3O. The lowest BCUT2D eigenvalue weighted by molar-refractivity contribution is 0.394. The van der Waals surface area contributed by atoms with E-state index in [2.05, 4.69) is 9.97 Å². The quantitative estimate of drug-likeness (QED) is 0.722. The summed E-state index contributed by atoms with van der Waals surface area (Å²) in [4.78, 5) is 8.33. The molecule has 0 unspecified atom stereocenters. The molecule has 2 aromatic rings. The van der Waals surface area contributed by atoms with Gasteiger partial charge in [-0.3, -0.25) is 0 Å². The summed E-state index contributed by atoms with van der Waals surface area (Å²) in [6, 6.07) is 2.71. The number of nitrogen functional groups attached to an aromatic ring is 1. The van der Waals surface area contributed by atoms with E-state index in [0.29, 0.717) is 22.6 Å². The van der Waals surface area contributed by atoms with Crippen LogP contribution in [0.4, 0.5) is 10.1 Å². The number of benzene rings is 1. The largest absolute Gasteiger partial charge is 0.480 e. The molecule has 0 spiro atoms. The number of halogens is 1. The number of anilines is 1. The summed E-state index contributed by atoms with van der Waals surface area (Å²) in [7, 11) is 1.51. The Hall–Kier alpha value is -1.91. The van der Waals surface area contributed by atoms with Gasteiger partial charge in [0.25, 0.3) is 0 Å². The van der Waals surface area contributed by atoms with Crippen LogP contribution >= 0.6 is 0 Å². The Bertz CT molecular complexity index is 528. The van der Waals surface area contributed by atoms with E-state index in [4.69, 9.17) is 10.5 Å². The summed E-state index contributed by atoms with van der Waals surface area (Å²) in [5, 5.41) is 0. The molecule has 0 saturated heterocycles. The lowest BCUT2D eigenvalue weighted by atomic mass is 10.2.